The summed E-state index contributed by atoms with van der Waals surface area (Å²) in [7, 11) is 0. The highest BCUT2D eigenvalue weighted by molar-refractivity contribution is 5.70. The quantitative estimate of drug-likeness (QED) is 0.781. The van der Waals surface area contributed by atoms with Crippen LogP contribution in [0.15, 0.2) is 0 Å². The van der Waals surface area contributed by atoms with Gasteiger partial charge in [-0.1, -0.05) is 13.8 Å². The first-order valence-corrected chi connectivity index (χ1v) is 5.99. The summed E-state index contributed by atoms with van der Waals surface area (Å²) in [6.45, 7) is 8.24. The lowest BCUT2D eigenvalue weighted by Gasteiger charge is -2.30. The van der Waals surface area contributed by atoms with E-state index < -0.39 is 5.97 Å². The molecule has 0 aliphatic carbocycles. The maximum Gasteiger partial charge on any atom is 0.307 e. The number of nitrogens with zero attached hydrogens (tertiary/aromatic N) is 1. The Balaban J connectivity index is 2.51. The molecule has 1 aliphatic heterocycles. The number of carboxylic acid groups (broad SMARTS) is 1. The SMILES string of the molecule is CC1CCCN(C(C)C(C)C(=O)O)CC1. The zero-order chi connectivity index (χ0) is 11.4. The van der Waals surface area contributed by atoms with E-state index in [1.54, 1.807) is 6.92 Å². The Morgan fingerprint density at radius 1 is 1.33 bits per heavy atom. The monoisotopic (exact) mass is 213 g/mol. The summed E-state index contributed by atoms with van der Waals surface area (Å²) in [6.07, 6.45) is 3.69. The average Bonchev–Trinajstić information content (AvgIpc) is 2.40. The molecule has 0 aromatic heterocycles. The van der Waals surface area contributed by atoms with Gasteiger partial charge < -0.3 is 5.11 Å². The highest BCUT2D eigenvalue weighted by Gasteiger charge is 2.26. The predicted molar refractivity (Wildman–Crippen MR) is 60.8 cm³/mol. The number of hydrogen-bond acceptors (Lipinski definition) is 2. The number of hydrogen-bond donors (Lipinski definition) is 1. The molecule has 3 nitrogen and oxygen atoms in total. The van der Waals surface area contributed by atoms with Crippen LogP contribution in [0.1, 0.15) is 40.0 Å². The lowest BCUT2D eigenvalue weighted by molar-refractivity contribution is -0.143. The van der Waals surface area contributed by atoms with Crippen molar-refractivity contribution in [3.63, 3.8) is 0 Å². The molecule has 3 unspecified atom stereocenters. The van der Waals surface area contributed by atoms with Crippen LogP contribution in [0, 0.1) is 11.8 Å². The van der Waals surface area contributed by atoms with E-state index in [4.69, 9.17) is 5.11 Å². The Hall–Kier alpha value is -0.570. The van der Waals surface area contributed by atoms with E-state index in [1.807, 2.05) is 6.92 Å². The van der Waals surface area contributed by atoms with Crippen molar-refractivity contribution < 1.29 is 9.90 Å². The Morgan fingerprint density at radius 3 is 2.60 bits per heavy atom. The van der Waals surface area contributed by atoms with Gasteiger partial charge in [-0.2, -0.15) is 0 Å². The third-order valence-corrected chi connectivity index (χ3v) is 3.74. The predicted octanol–water partition coefficient (Wildman–Crippen LogP) is 2.22. The molecule has 0 aromatic rings. The molecule has 0 bridgehead atoms. The minimum atomic E-state index is -0.681. The summed E-state index contributed by atoms with van der Waals surface area (Å²) in [5.41, 5.74) is 0. The number of aliphatic carboxylic acids is 1. The van der Waals surface area contributed by atoms with Gasteiger partial charge >= 0.3 is 5.97 Å². The maximum absolute atomic E-state index is 10.9. The normalized spacial score (nSPS) is 28.1. The van der Waals surface area contributed by atoms with Gasteiger partial charge in [-0.15, -0.1) is 0 Å². The molecule has 0 amide bonds. The van der Waals surface area contributed by atoms with Gasteiger partial charge in [0.05, 0.1) is 5.92 Å². The molecule has 88 valence electrons. The topological polar surface area (TPSA) is 40.5 Å². The summed E-state index contributed by atoms with van der Waals surface area (Å²) in [4.78, 5) is 13.2. The van der Waals surface area contributed by atoms with Crippen LogP contribution >= 0.6 is 0 Å². The molecule has 1 N–H and O–H groups in total. The molecule has 15 heavy (non-hydrogen) atoms. The maximum atomic E-state index is 10.9. The smallest absolute Gasteiger partial charge is 0.307 e. The Bertz CT molecular complexity index is 218. The number of likely N-dealkylation sites (tertiary alicyclic amines) is 1. The minimum absolute atomic E-state index is 0.160. The third-order valence-electron chi connectivity index (χ3n) is 3.74. The Morgan fingerprint density at radius 2 is 2.00 bits per heavy atom. The van der Waals surface area contributed by atoms with Gasteiger partial charge in [0.2, 0.25) is 0 Å². The van der Waals surface area contributed by atoms with E-state index in [9.17, 15) is 4.79 Å². The lowest BCUT2D eigenvalue weighted by atomic mass is 10.0. The van der Waals surface area contributed by atoms with E-state index in [1.165, 1.54) is 19.3 Å². The second-order valence-electron chi connectivity index (χ2n) is 4.94. The van der Waals surface area contributed by atoms with E-state index in [0.717, 1.165) is 19.0 Å². The van der Waals surface area contributed by atoms with Gasteiger partial charge in [-0.05, 0) is 45.2 Å². The van der Waals surface area contributed by atoms with Crippen LogP contribution in [0.25, 0.3) is 0 Å². The van der Waals surface area contributed by atoms with Gasteiger partial charge in [0, 0.05) is 6.04 Å². The van der Waals surface area contributed by atoms with Crippen molar-refractivity contribution >= 4 is 5.97 Å². The second-order valence-corrected chi connectivity index (χ2v) is 4.94. The summed E-state index contributed by atoms with van der Waals surface area (Å²) in [6, 6.07) is 0.160. The first-order valence-electron chi connectivity index (χ1n) is 5.99. The summed E-state index contributed by atoms with van der Waals surface area (Å²) < 4.78 is 0. The molecule has 0 spiro atoms. The number of carbonyl (C=O) groups is 1. The molecular weight excluding hydrogens is 190 g/mol. The van der Waals surface area contributed by atoms with Crippen LogP contribution in [0.4, 0.5) is 0 Å². The minimum Gasteiger partial charge on any atom is -0.481 e. The number of carboxylic acids is 1. The fraction of sp³-hybridized carbons (Fsp3) is 0.917. The van der Waals surface area contributed by atoms with Gasteiger partial charge in [0.15, 0.2) is 0 Å². The van der Waals surface area contributed by atoms with E-state index in [2.05, 4.69) is 11.8 Å². The van der Waals surface area contributed by atoms with Gasteiger partial charge in [-0.25, -0.2) is 0 Å². The van der Waals surface area contributed by atoms with Crippen molar-refractivity contribution in [2.75, 3.05) is 13.1 Å². The fourth-order valence-electron chi connectivity index (χ4n) is 2.22. The van der Waals surface area contributed by atoms with Crippen LogP contribution < -0.4 is 0 Å². The number of rotatable bonds is 3. The molecule has 3 atom stereocenters. The van der Waals surface area contributed by atoms with Crippen molar-refractivity contribution in [2.45, 2.75) is 46.1 Å². The van der Waals surface area contributed by atoms with Crippen LogP contribution in [-0.4, -0.2) is 35.1 Å². The van der Waals surface area contributed by atoms with Crippen molar-refractivity contribution in [1.82, 2.24) is 4.90 Å². The van der Waals surface area contributed by atoms with Crippen LogP contribution in [0.2, 0.25) is 0 Å². The molecule has 1 aliphatic rings. The highest BCUT2D eigenvalue weighted by atomic mass is 16.4. The van der Waals surface area contributed by atoms with E-state index in [0.29, 0.717) is 0 Å². The fourth-order valence-corrected chi connectivity index (χ4v) is 2.22. The van der Waals surface area contributed by atoms with Crippen LogP contribution in [0.5, 0.6) is 0 Å². The Kier molecular flexibility index (Phi) is 4.58. The molecule has 0 saturated carbocycles. The van der Waals surface area contributed by atoms with Crippen molar-refractivity contribution in [2.24, 2.45) is 11.8 Å². The van der Waals surface area contributed by atoms with Crippen LogP contribution in [0.3, 0.4) is 0 Å². The molecule has 1 heterocycles. The molecular formula is C12H23NO2. The first-order chi connectivity index (χ1) is 7.02. The lowest BCUT2D eigenvalue weighted by Crippen LogP contribution is -2.41. The molecule has 1 saturated heterocycles. The molecule has 0 aromatic carbocycles. The largest absolute Gasteiger partial charge is 0.481 e. The average molecular weight is 213 g/mol. The van der Waals surface area contributed by atoms with Gasteiger partial charge in [0.25, 0.3) is 0 Å². The van der Waals surface area contributed by atoms with E-state index in [-0.39, 0.29) is 12.0 Å². The second kappa shape index (κ2) is 5.50. The summed E-state index contributed by atoms with van der Waals surface area (Å²) in [5, 5.41) is 8.98. The van der Waals surface area contributed by atoms with E-state index >= 15 is 0 Å². The third kappa shape index (κ3) is 3.49. The highest BCUT2D eigenvalue weighted by Crippen LogP contribution is 2.20. The summed E-state index contributed by atoms with van der Waals surface area (Å²) in [5.74, 6) is -0.152. The van der Waals surface area contributed by atoms with Gasteiger partial charge in [0.1, 0.15) is 0 Å². The molecule has 0 radical (unpaired) electrons. The van der Waals surface area contributed by atoms with Crippen molar-refractivity contribution in [1.29, 1.82) is 0 Å². The molecule has 1 fully saturated rings. The summed E-state index contributed by atoms with van der Waals surface area (Å²) >= 11 is 0. The molecule has 3 heteroatoms. The standard InChI is InChI=1S/C12H23NO2/c1-9-5-4-7-13(8-6-9)11(3)10(2)12(14)15/h9-11H,4-8H2,1-3H3,(H,14,15). The Labute approximate surface area is 92.5 Å². The first kappa shape index (κ1) is 12.5. The van der Waals surface area contributed by atoms with Gasteiger partial charge in [-0.3, -0.25) is 9.69 Å². The zero-order valence-corrected chi connectivity index (χ0v) is 10.1. The zero-order valence-electron chi connectivity index (χ0n) is 10.1. The van der Waals surface area contributed by atoms with Crippen molar-refractivity contribution in [3.05, 3.63) is 0 Å². The molecule has 1 rings (SSSR count). The van der Waals surface area contributed by atoms with Crippen LogP contribution in [-0.2, 0) is 4.79 Å². The van der Waals surface area contributed by atoms with Crippen molar-refractivity contribution in [3.8, 4) is 0 Å².